The van der Waals surface area contributed by atoms with Gasteiger partial charge < -0.3 is 20.4 Å². The van der Waals surface area contributed by atoms with Gasteiger partial charge in [0.2, 0.25) is 5.91 Å². The molecule has 2 fully saturated rings. The van der Waals surface area contributed by atoms with E-state index in [4.69, 9.17) is 10.7 Å². The first kappa shape index (κ1) is 19.8. The Labute approximate surface area is 175 Å². The van der Waals surface area contributed by atoms with Crippen molar-refractivity contribution in [2.24, 2.45) is 21.6 Å². The molecular formula is C21H25N7O2. The van der Waals surface area contributed by atoms with Crippen molar-refractivity contribution >= 4 is 36.3 Å². The van der Waals surface area contributed by atoms with Crippen LogP contribution in [-0.4, -0.2) is 72.3 Å². The molecule has 0 atom stereocenters. The summed E-state index contributed by atoms with van der Waals surface area (Å²) in [5.74, 6) is 0.791. The fourth-order valence-corrected chi connectivity index (χ4v) is 3.62. The van der Waals surface area contributed by atoms with Gasteiger partial charge in [0.05, 0.1) is 24.1 Å². The fraction of sp³-hybridized carbons (Fsp3) is 0.381. The van der Waals surface area contributed by atoms with Crippen molar-refractivity contribution in [1.82, 2.24) is 14.8 Å². The third-order valence-corrected chi connectivity index (χ3v) is 5.40. The molecule has 3 aliphatic rings. The van der Waals surface area contributed by atoms with Gasteiger partial charge in [-0.05, 0) is 31.7 Å². The lowest BCUT2D eigenvalue weighted by atomic mass is 10.2. The van der Waals surface area contributed by atoms with Gasteiger partial charge in [-0.2, -0.15) is 0 Å². The van der Waals surface area contributed by atoms with E-state index in [2.05, 4.69) is 21.6 Å². The lowest BCUT2D eigenvalue weighted by Gasteiger charge is -2.35. The molecule has 9 nitrogen and oxygen atoms in total. The monoisotopic (exact) mass is 407 g/mol. The standard InChI is InChI=1S/C21H25N7O2/c1-23-13-18(28-8-7-24-17(14-28)20(22)29)16-3-2-4-19(25-16)26-9-11-27(12-10-26)21(30)15-5-6-15/h2-4,7,13-15H,1,5-6,8-12H2,(H2,22,29)/b18-13-. The number of aromatic nitrogens is 1. The quantitative estimate of drug-likeness (QED) is 0.704. The summed E-state index contributed by atoms with van der Waals surface area (Å²) in [6.07, 6.45) is 6.88. The van der Waals surface area contributed by atoms with E-state index in [9.17, 15) is 9.59 Å². The summed E-state index contributed by atoms with van der Waals surface area (Å²) in [5.41, 5.74) is 6.93. The average molecular weight is 407 g/mol. The molecule has 0 aromatic carbocycles. The lowest BCUT2D eigenvalue weighted by molar-refractivity contribution is -0.132. The van der Waals surface area contributed by atoms with Crippen molar-refractivity contribution in [2.75, 3.05) is 37.6 Å². The van der Waals surface area contributed by atoms with E-state index in [0.29, 0.717) is 36.9 Å². The third-order valence-electron chi connectivity index (χ3n) is 5.40. The van der Waals surface area contributed by atoms with Gasteiger partial charge in [0.15, 0.2) is 0 Å². The maximum absolute atomic E-state index is 12.3. The second-order valence-electron chi connectivity index (χ2n) is 7.51. The molecule has 1 aromatic heterocycles. The Morgan fingerprint density at radius 2 is 1.97 bits per heavy atom. The van der Waals surface area contributed by atoms with Crippen LogP contribution in [0.25, 0.3) is 5.70 Å². The van der Waals surface area contributed by atoms with E-state index >= 15 is 0 Å². The number of pyridine rings is 1. The third kappa shape index (κ3) is 4.24. The first-order chi connectivity index (χ1) is 14.6. The van der Waals surface area contributed by atoms with Gasteiger partial charge in [-0.15, -0.1) is 0 Å². The molecule has 0 radical (unpaired) electrons. The van der Waals surface area contributed by atoms with E-state index in [-0.39, 0.29) is 11.6 Å². The normalized spacial score (nSPS) is 19.5. The van der Waals surface area contributed by atoms with Crippen LogP contribution in [0, 0.1) is 5.92 Å². The summed E-state index contributed by atoms with van der Waals surface area (Å²) in [6.45, 7) is 6.94. The van der Waals surface area contributed by atoms with E-state index in [1.54, 1.807) is 18.6 Å². The van der Waals surface area contributed by atoms with Crippen molar-refractivity contribution in [2.45, 2.75) is 12.8 Å². The van der Waals surface area contributed by atoms with Crippen LogP contribution in [-0.2, 0) is 9.59 Å². The molecule has 1 saturated heterocycles. The Morgan fingerprint density at radius 1 is 1.20 bits per heavy atom. The minimum atomic E-state index is -0.595. The van der Waals surface area contributed by atoms with Gasteiger partial charge in [0.25, 0.3) is 5.91 Å². The average Bonchev–Trinajstić information content (AvgIpc) is 3.63. The van der Waals surface area contributed by atoms with Crippen LogP contribution in [0.5, 0.6) is 0 Å². The maximum atomic E-state index is 12.3. The zero-order valence-corrected chi connectivity index (χ0v) is 16.8. The van der Waals surface area contributed by atoms with Gasteiger partial charge in [-0.3, -0.25) is 19.6 Å². The molecule has 0 spiro atoms. The molecule has 2 aliphatic heterocycles. The highest BCUT2D eigenvalue weighted by Gasteiger charge is 2.34. The van der Waals surface area contributed by atoms with Crippen molar-refractivity contribution in [3.63, 3.8) is 0 Å². The second-order valence-corrected chi connectivity index (χ2v) is 7.51. The number of hydrogen-bond acceptors (Lipinski definition) is 7. The van der Waals surface area contributed by atoms with E-state index in [1.807, 2.05) is 28.0 Å². The predicted molar refractivity (Wildman–Crippen MR) is 116 cm³/mol. The number of aliphatic imine (C=N–C) groups is 2. The van der Waals surface area contributed by atoms with Crippen LogP contribution in [0.15, 0.2) is 46.3 Å². The molecule has 4 rings (SSSR count). The molecule has 0 bridgehead atoms. The Kier molecular flexibility index (Phi) is 5.60. The summed E-state index contributed by atoms with van der Waals surface area (Å²) < 4.78 is 0. The number of nitrogens with two attached hydrogens (primary N) is 1. The Bertz CT molecular complexity index is 940. The summed E-state index contributed by atoms with van der Waals surface area (Å²) in [6, 6.07) is 5.78. The maximum Gasteiger partial charge on any atom is 0.268 e. The summed E-state index contributed by atoms with van der Waals surface area (Å²) in [5, 5.41) is 0. The van der Waals surface area contributed by atoms with Crippen molar-refractivity contribution in [3.05, 3.63) is 42.0 Å². The predicted octanol–water partition coefficient (Wildman–Crippen LogP) is 0.852. The number of carbonyl (C=O) groups is 2. The van der Waals surface area contributed by atoms with E-state index < -0.39 is 5.91 Å². The minimum Gasteiger partial charge on any atom is -0.364 e. The molecule has 1 aromatic rings. The summed E-state index contributed by atoms with van der Waals surface area (Å²) in [7, 11) is 0. The number of nitrogens with zero attached hydrogens (tertiary/aromatic N) is 6. The van der Waals surface area contributed by atoms with E-state index in [1.165, 1.54) is 0 Å². The first-order valence-corrected chi connectivity index (χ1v) is 10.0. The molecule has 1 aliphatic carbocycles. The van der Waals surface area contributed by atoms with Crippen LogP contribution in [0.4, 0.5) is 5.82 Å². The van der Waals surface area contributed by atoms with Crippen molar-refractivity contribution < 1.29 is 9.59 Å². The van der Waals surface area contributed by atoms with Gasteiger partial charge >= 0.3 is 0 Å². The molecule has 3 heterocycles. The molecule has 2 amide bonds. The van der Waals surface area contributed by atoms with Crippen LogP contribution >= 0.6 is 0 Å². The summed E-state index contributed by atoms with van der Waals surface area (Å²) in [4.78, 5) is 42.5. The highest BCUT2D eigenvalue weighted by Crippen LogP contribution is 2.31. The minimum absolute atomic E-state index is 0.170. The molecule has 156 valence electrons. The topological polar surface area (TPSA) is 107 Å². The first-order valence-electron chi connectivity index (χ1n) is 10.0. The highest BCUT2D eigenvalue weighted by atomic mass is 16.2. The zero-order chi connectivity index (χ0) is 21.1. The molecule has 9 heteroatoms. The van der Waals surface area contributed by atoms with Crippen LogP contribution in [0.3, 0.4) is 0 Å². The van der Waals surface area contributed by atoms with Gasteiger partial charge in [-0.25, -0.2) is 4.98 Å². The zero-order valence-electron chi connectivity index (χ0n) is 16.8. The number of anilines is 1. The Morgan fingerprint density at radius 3 is 2.63 bits per heavy atom. The largest absolute Gasteiger partial charge is 0.364 e. The van der Waals surface area contributed by atoms with Crippen molar-refractivity contribution in [3.8, 4) is 0 Å². The number of primary amides is 1. The van der Waals surface area contributed by atoms with Gasteiger partial charge in [-0.1, -0.05) is 6.07 Å². The molecular weight excluding hydrogens is 382 g/mol. The number of amides is 2. The van der Waals surface area contributed by atoms with Crippen LogP contribution in [0.1, 0.15) is 18.5 Å². The number of carbonyl (C=O) groups excluding carboxylic acids is 2. The van der Waals surface area contributed by atoms with Crippen LogP contribution < -0.4 is 10.6 Å². The molecule has 1 saturated carbocycles. The number of hydrogen-bond donors (Lipinski definition) is 1. The summed E-state index contributed by atoms with van der Waals surface area (Å²) >= 11 is 0. The SMILES string of the molecule is C=N/C=C(/c1cccc(N2CCN(C(=O)C3CC3)CC2)n1)N1C=C(C(N)=O)N=CC1. The molecule has 30 heavy (non-hydrogen) atoms. The highest BCUT2D eigenvalue weighted by molar-refractivity contribution is 5.94. The fourth-order valence-electron chi connectivity index (χ4n) is 3.62. The lowest BCUT2D eigenvalue weighted by Crippen LogP contribution is -2.49. The van der Waals surface area contributed by atoms with E-state index in [0.717, 1.165) is 31.7 Å². The molecule has 2 N–H and O–H groups in total. The number of rotatable bonds is 6. The second kappa shape index (κ2) is 8.48. The van der Waals surface area contributed by atoms with Crippen LogP contribution in [0.2, 0.25) is 0 Å². The van der Waals surface area contributed by atoms with Gasteiger partial charge in [0, 0.05) is 44.5 Å². The Hall–Kier alpha value is -3.49. The smallest absolute Gasteiger partial charge is 0.268 e. The molecule has 0 unspecified atom stereocenters. The van der Waals surface area contributed by atoms with Crippen molar-refractivity contribution in [1.29, 1.82) is 0 Å². The number of piperazine rings is 1. The Balaban J connectivity index is 1.51. The van der Waals surface area contributed by atoms with Gasteiger partial charge in [0.1, 0.15) is 11.5 Å².